The third kappa shape index (κ3) is 6.66. The van der Waals surface area contributed by atoms with Crippen LogP contribution in [0.4, 0.5) is 23.8 Å². The maximum Gasteiger partial charge on any atom is 0.410 e. The van der Waals surface area contributed by atoms with Gasteiger partial charge in [-0.2, -0.15) is 9.97 Å². The predicted octanol–water partition coefficient (Wildman–Crippen LogP) is 6.64. The van der Waals surface area contributed by atoms with Crippen LogP contribution in [0, 0.1) is 24.0 Å². The van der Waals surface area contributed by atoms with E-state index in [2.05, 4.69) is 15.8 Å². The van der Waals surface area contributed by atoms with Crippen LogP contribution >= 0.6 is 0 Å². The highest BCUT2D eigenvalue weighted by molar-refractivity contribution is 6.04. The molecule has 15 heteroatoms. The summed E-state index contributed by atoms with van der Waals surface area (Å²) in [7, 11) is 2.88. The summed E-state index contributed by atoms with van der Waals surface area (Å²) in [5.74, 6) is 1.52. The van der Waals surface area contributed by atoms with Gasteiger partial charge in [0.2, 0.25) is 5.88 Å². The van der Waals surface area contributed by atoms with Crippen LogP contribution < -0.4 is 19.1 Å². The molecule has 4 aliphatic heterocycles. The molecule has 6 heterocycles. The second kappa shape index (κ2) is 14.5. The Balaban J connectivity index is 1.29. The smallest absolute Gasteiger partial charge is 0.410 e. The molecule has 4 fully saturated rings. The fraction of sp³-hybridized carbons (Fsp3) is 0.512. The Morgan fingerprint density at radius 1 is 1.04 bits per heavy atom. The number of fused-ring (bicyclic) bond motifs is 5. The lowest BCUT2D eigenvalue weighted by molar-refractivity contribution is 0.0122. The number of aromatic nitrogens is 3. The highest BCUT2D eigenvalue weighted by Crippen LogP contribution is 2.45. The molecule has 2 aromatic heterocycles. The molecular weight excluding hydrogens is 729 g/mol. The standard InChI is InChI=1S/C41H45F3N6O6/c1-7-28-30(43)12-9-23-15-27(55-22-52-5)16-29(31(23)28)34-33(44)35-32(37(45-34)53-6)36(47-38(46-35)54-21-41-13-8-14-49(41)18-24(42)17-41)48-19-25-10-11-26(20-48)50(25)39(51)56-40(2,3)4/h1,9,12,15-16,24-26H,8,10-11,13-14,17-22H2,2-6H3/t24-,25-,26+,41+/m1/s1. The number of nitrogens with zero attached hydrogens (tertiary/aromatic N) is 6. The first kappa shape index (κ1) is 37.8. The van der Waals surface area contributed by atoms with E-state index in [1.54, 1.807) is 11.0 Å². The summed E-state index contributed by atoms with van der Waals surface area (Å²) in [6.07, 6.45) is 7.93. The van der Waals surface area contributed by atoms with E-state index in [1.807, 2.05) is 25.7 Å². The van der Waals surface area contributed by atoms with Crippen molar-refractivity contribution in [2.45, 2.75) is 82.3 Å². The Bertz CT molecular complexity index is 2230. The van der Waals surface area contributed by atoms with E-state index in [9.17, 15) is 9.18 Å². The minimum absolute atomic E-state index is 0.00604. The van der Waals surface area contributed by atoms with Crippen molar-refractivity contribution in [2.24, 2.45) is 0 Å². The number of hydrogen-bond acceptors (Lipinski definition) is 11. The molecule has 0 unspecified atom stereocenters. The molecule has 0 spiro atoms. The predicted molar refractivity (Wildman–Crippen MR) is 203 cm³/mol. The Kier molecular flexibility index (Phi) is 9.77. The highest BCUT2D eigenvalue weighted by Gasteiger charge is 2.50. The van der Waals surface area contributed by atoms with E-state index in [0.29, 0.717) is 43.0 Å². The molecule has 56 heavy (non-hydrogen) atoms. The van der Waals surface area contributed by atoms with E-state index in [-0.39, 0.29) is 76.6 Å². The lowest BCUT2D eigenvalue weighted by Gasteiger charge is -2.42. The van der Waals surface area contributed by atoms with Crippen LogP contribution in [0.5, 0.6) is 17.6 Å². The van der Waals surface area contributed by atoms with Gasteiger partial charge in [-0.25, -0.2) is 22.9 Å². The van der Waals surface area contributed by atoms with Gasteiger partial charge in [-0.3, -0.25) is 9.80 Å². The van der Waals surface area contributed by atoms with Gasteiger partial charge in [-0.05, 0) is 76.6 Å². The van der Waals surface area contributed by atoms with Crippen LogP contribution in [0.3, 0.4) is 0 Å². The average Bonchev–Trinajstić information content (AvgIpc) is 3.78. The number of carbonyl (C=O) groups excluding carboxylic acids is 1. The van der Waals surface area contributed by atoms with Crippen molar-refractivity contribution in [3.63, 3.8) is 0 Å². The number of ether oxygens (including phenoxy) is 5. The fourth-order valence-corrected chi connectivity index (χ4v) is 9.01. The molecule has 0 saturated carbocycles. The monoisotopic (exact) mass is 774 g/mol. The fourth-order valence-electron chi connectivity index (χ4n) is 9.01. The number of anilines is 1. The van der Waals surface area contributed by atoms with E-state index < -0.39 is 28.9 Å². The van der Waals surface area contributed by atoms with E-state index in [0.717, 1.165) is 32.2 Å². The van der Waals surface area contributed by atoms with Crippen molar-refractivity contribution in [1.29, 1.82) is 0 Å². The quantitative estimate of drug-likeness (QED) is 0.135. The SMILES string of the molecule is C#Cc1c(F)ccc2cc(OCOC)cc(-c3nc(OC)c4c(N5C[C@H]6CC[C@@H](C5)N6C(=O)OC(C)(C)C)nc(OC[C@@]56CCCN5C[C@H](F)C6)nc4c3F)c12. The van der Waals surface area contributed by atoms with Gasteiger partial charge < -0.3 is 28.6 Å². The second-order valence-corrected chi connectivity index (χ2v) is 16.1. The first-order valence-electron chi connectivity index (χ1n) is 18.9. The van der Waals surface area contributed by atoms with Gasteiger partial charge in [-0.1, -0.05) is 12.0 Å². The molecule has 2 bridgehead atoms. The maximum absolute atomic E-state index is 17.5. The van der Waals surface area contributed by atoms with Crippen LogP contribution in [0.2, 0.25) is 0 Å². The number of terminal acetylenes is 1. The summed E-state index contributed by atoms with van der Waals surface area (Å²) in [4.78, 5) is 33.5. The Morgan fingerprint density at radius 2 is 1.80 bits per heavy atom. The summed E-state index contributed by atoms with van der Waals surface area (Å²) < 4.78 is 76.4. The number of pyridine rings is 1. The third-order valence-corrected chi connectivity index (χ3v) is 11.3. The number of rotatable bonds is 9. The van der Waals surface area contributed by atoms with Gasteiger partial charge >= 0.3 is 12.1 Å². The van der Waals surface area contributed by atoms with Gasteiger partial charge in [0.05, 0.1) is 30.3 Å². The number of methoxy groups -OCH3 is 2. The largest absolute Gasteiger partial charge is 0.480 e. The summed E-state index contributed by atoms with van der Waals surface area (Å²) in [6, 6.07) is 5.43. The Morgan fingerprint density at radius 3 is 2.50 bits per heavy atom. The van der Waals surface area contributed by atoms with Crippen LogP contribution in [0.15, 0.2) is 24.3 Å². The molecule has 0 N–H and O–H groups in total. The minimum atomic E-state index is -0.977. The summed E-state index contributed by atoms with van der Waals surface area (Å²) in [5, 5.41) is 0.918. The molecule has 4 atom stereocenters. The Labute approximate surface area is 323 Å². The number of carbonyl (C=O) groups is 1. The zero-order valence-corrected chi connectivity index (χ0v) is 32.2. The summed E-state index contributed by atoms with van der Waals surface area (Å²) in [6.45, 7) is 7.33. The zero-order valence-electron chi connectivity index (χ0n) is 32.2. The highest BCUT2D eigenvalue weighted by atomic mass is 19.1. The first-order chi connectivity index (χ1) is 26.8. The molecule has 0 radical (unpaired) electrons. The van der Waals surface area contributed by atoms with E-state index >= 15 is 8.78 Å². The van der Waals surface area contributed by atoms with Crippen LogP contribution in [-0.4, -0.2) is 114 Å². The van der Waals surface area contributed by atoms with Crippen molar-refractivity contribution in [2.75, 3.05) is 58.7 Å². The van der Waals surface area contributed by atoms with E-state index in [1.165, 1.54) is 32.4 Å². The number of hydrogen-bond donors (Lipinski definition) is 0. The van der Waals surface area contributed by atoms with Gasteiger partial charge in [0.1, 0.15) is 52.4 Å². The van der Waals surface area contributed by atoms with Crippen LogP contribution in [-0.2, 0) is 9.47 Å². The first-order valence-corrected chi connectivity index (χ1v) is 18.9. The topological polar surface area (TPSA) is 112 Å². The molecule has 296 valence electrons. The van der Waals surface area contributed by atoms with E-state index in [4.69, 9.17) is 40.1 Å². The second-order valence-electron chi connectivity index (χ2n) is 16.1. The van der Waals surface area contributed by atoms with Gasteiger partial charge in [0, 0.05) is 44.1 Å². The molecule has 0 aliphatic carbocycles. The average molecular weight is 775 g/mol. The molecular formula is C41H45F3N6O6. The molecule has 12 nitrogen and oxygen atoms in total. The van der Waals surface area contributed by atoms with Gasteiger partial charge in [0.15, 0.2) is 12.6 Å². The normalized spacial score (nSPS) is 23.4. The number of benzene rings is 2. The number of amides is 1. The number of piperazine rings is 1. The number of alkyl halides is 1. The molecule has 4 aromatic rings. The Hall–Kier alpha value is -5.07. The maximum atomic E-state index is 17.5. The molecule has 4 aliphatic rings. The lowest BCUT2D eigenvalue weighted by atomic mass is 9.95. The summed E-state index contributed by atoms with van der Waals surface area (Å²) >= 11 is 0. The molecule has 4 saturated heterocycles. The minimum Gasteiger partial charge on any atom is -0.480 e. The lowest BCUT2D eigenvalue weighted by Crippen LogP contribution is -2.57. The van der Waals surface area contributed by atoms with Gasteiger partial charge in [0.25, 0.3) is 0 Å². The number of halogens is 3. The van der Waals surface area contributed by atoms with Crippen LogP contribution in [0.25, 0.3) is 32.9 Å². The summed E-state index contributed by atoms with van der Waals surface area (Å²) in [5.41, 5.74) is -1.49. The van der Waals surface area contributed by atoms with Crippen molar-refractivity contribution >= 4 is 33.6 Å². The van der Waals surface area contributed by atoms with Crippen molar-refractivity contribution in [3.8, 4) is 41.2 Å². The van der Waals surface area contributed by atoms with Crippen molar-refractivity contribution in [3.05, 3.63) is 41.5 Å². The molecule has 1 amide bonds. The van der Waals surface area contributed by atoms with Crippen LogP contribution in [0.1, 0.15) is 58.4 Å². The molecule has 8 rings (SSSR count). The molecule has 2 aromatic carbocycles. The zero-order chi connectivity index (χ0) is 39.5. The van der Waals surface area contributed by atoms with Crippen molar-refractivity contribution in [1.82, 2.24) is 24.8 Å². The van der Waals surface area contributed by atoms with Gasteiger partial charge in [-0.15, -0.1) is 6.42 Å². The van der Waals surface area contributed by atoms with Crippen molar-refractivity contribution < 1.29 is 41.7 Å². The third-order valence-electron chi connectivity index (χ3n) is 11.3.